The van der Waals surface area contributed by atoms with Crippen molar-refractivity contribution < 1.29 is 4.79 Å². The van der Waals surface area contributed by atoms with Gasteiger partial charge in [-0.2, -0.15) is 0 Å². The van der Waals surface area contributed by atoms with E-state index in [2.05, 4.69) is 34.7 Å². The van der Waals surface area contributed by atoms with Crippen LogP contribution in [0.3, 0.4) is 0 Å². The summed E-state index contributed by atoms with van der Waals surface area (Å²) in [6.45, 7) is 8.64. The van der Waals surface area contributed by atoms with Crippen molar-refractivity contribution in [2.75, 3.05) is 5.43 Å². The fraction of sp³-hybridized carbons (Fsp3) is 0.737. The molecule has 0 radical (unpaired) electrons. The molecule has 1 heterocycles. The number of nitrogens with zero attached hydrogens (tertiary/aromatic N) is 2. The van der Waals surface area contributed by atoms with Gasteiger partial charge in [-0.15, -0.1) is 0 Å². The summed E-state index contributed by atoms with van der Waals surface area (Å²) in [4.78, 5) is 21.8. The highest BCUT2D eigenvalue weighted by Crippen LogP contribution is 2.69. The van der Waals surface area contributed by atoms with Crippen LogP contribution in [0.5, 0.6) is 0 Å². The molecule has 0 saturated heterocycles. The lowest BCUT2D eigenvalue weighted by atomic mass is 9.40. The summed E-state index contributed by atoms with van der Waals surface area (Å²) in [6, 6.07) is 1.92. The van der Waals surface area contributed by atoms with Gasteiger partial charge in [0.15, 0.2) is 0 Å². The molecule has 4 fully saturated rings. The number of nitrogens with one attached hydrogen (secondary N) is 2. The van der Waals surface area contributed by atoms with Crippen LogP contribution in [0.25, 0.3) is 0 Å². The predicted octanol–water partition coefficient (Wildman–Crippen LogP) is 3.53. The first-order valence-corrected chi connectivity index (χ1v) is 9.08. The van der Waals surface area contributed by atoms with Gasteiger partial charge in [0.2, 0.25) is 11.9 Å². The summed E-state index contributed by atoms with van der Waals surface area (Å²) in [5, 5.41) is 0. The third-order valence-electron chi connectivity index (χ3n) is 6.38. The van der Waals surface area contributed by atoms with Gasteiger partial charge in [-0.1, -0.05) is 13.8 Å². The Bertz CT molecular complexity index is 662. The van der Waals surface area contributed by atoms with Crippen LogP contribution in [0.4, 0.5) is 5.95 Å². The van der Waals surface area contributed by atoms with Crippen molar-refractivity contribution in [2.24, 2.45) is 22.2 Å². The maximum Gasteiger partial charge on any atom is 0.244 e. The predicted molar refractivity (Wildman–Crippen MR) is 93.1 cm³/mol. The Balaban J connectivity index is 1.52. The molecule has 0 aromatic carbocycles. The van der Waals surface area contributed by atoms with E-state index < -0.39 is 0 Å². The highest BCUT2D eigenvalue weighted by molar-refractivity contribution is 5.84. The second-order valence-electron chi connectivity index (χ2n) is 9.46. The summed E-state index contributed by atoms with van der Waals surface area (Å²) in [5.41, 5.74) is 8.14. The van der Waals surface area contributed by atoms with Gasteiger partial charge in [0.25, 0.3) is 0 Å². The van der Waals surface area contributed by atoms with Crippen LogP contribution >= 0.6 is 0 Å². The molecule has 4 aliphatic rings. The second-order valence-corrected chi connectivity index (χ2v) is 9.46. The van der Waals surface area contributed by atoms with E-state index in [1.54, 1.807) is 0 Å². The molecule has 5 rings (SSSR count). The normalized spacial score (nSPS) is 39.8. The third kappa shape index (κ3) is 2.58. The minimum Gasteiger partial charge on any atom is -0.273 e. The Labute approximate surface area is 144 Å². The number of anilines is 1. The van der Waals surface area contributed by atoms with Gasteiger partial charge in [-0.25, -0.2) is 9.97 Å². The first-order valence-electron chi connectivity index (χ1n) is 9.08. The number of carbonyl (C=O) groups is 1. The molecule has 4 bridgehead atoms. The molecule has 2 unspecified atom stereocenters. The van der Waals surface area contributed by atoms with Crippen LogP contribution < -0.4 is 10.9 Å². The van der Waals surface area contributed by atoms with Crippen LogP contribution in [0.15, 0.2) is 6.07 Å². The molecule has 2 atom stereocenters. The fourth-order valence-electron chi connectivity index (χ4n) is 6.73. The highest BCUT2D eigenvalue weighted by Gasteiger charge is 2.62. The molecule has 5 heteroatoms. The lowest BCUT2D eigenvalue weighted by Gasteiger charge is -2.64. The average molecular weight is 328 g/mol. The number of amides is 1. The first kappa shape index (κ1) is 15.9. The van der Waals surface area contributed by atoms with Crippen LogP contribution in [-0.4, -0.2) is 15.9 Å². The number of aromatic nitrogens is 2. The standard InChI is InChI=1S/C19H28N4O/c1-12-5-13(2)21-16(20-12)23-22-15(24)19-8-14-6-17(3,10-19)9-18(4,7-14)11-19/h5,14H,6-11H2,1-4H3,(H,22,24)(H,20,21,23). The largest absolute Gasteiger partial charge is 0.273 e. The van der Waals surface area contributed by atoms with Crippen molar-refractivity contribution >= 4 is 11.9 Å². The number of hydrazine groups is 1. The van der Waals surface area contributed by atoms with Gasteiger partial charge in [-0.05, 0) is 75.2 Å². The van der Waals surface area contributed by atoms with Crippen LogP contribution in [0.2, 0.25) is 0 Å². The Morgan fingerprint density at radius 1 is 1.04 bits per heavy atom. The monoisotopic (exact) mass is 328 g/mol. The number of hydrogen-bond acceptors (Lipinski definition) is 4. The second kappa shape index (κ2) is 4.93. The zero-order valence-electron chi connectivity index (χ0n) is 15.2. The molecule has 24 heavy (non-hydrogen) atoms. The van der Waals surface area contributed by atoms with E-state index in [-0.39, 0.29) is 11.3 Å². The average Bonchev–Trinajstić information content (AvgIpc) is 2.39. The van der Waals surface area contributed by atoms with Crippen molar-refractivity contribution in [1.82, 2.24) is 15.4 Å². The Hall–Kier alpha value is -1.65. The lowest BCUT2D eigenvalue weighted by Crippen LogP contribution is -2.60. The van der Waals surface area contributed by atoms with E-state index in [1.165, 1.54) is 19.3 Å². The van der Waals surface area contributed by atoms with E-state index >= 15 is 0 Å². The Morgan fingerprint density at radius 2 is 1.62 bits per heavy atom. The summed E-state index contributed by atoms with van der Waals surface area (Å²) in [5.74, 6) is 1.31. The minimum atomic E-state index is -0.214. The van der Waals surface area contributed by atoms with Crippen LogP contribution in [0.1, 0.15) is 63.8 Å². The summed E-state index contributed by atoms with van der Waals surface area (Å²) < 4.78 is 0. The third-order valence-corrected chi connectivity index (χ3v) is 6.38. The first-order chi connectivity index (χ1) is 11.2. The lowest BCUT2D eigenvalue weighted by molar-refractivity contribution is -0.169. The van der Waals surface area contributed by atoms with Gasteiger partial charge < -0.3 is 0 Å². The Morgan fingerprint density at radius 3 is 2.17 bits per heavy atom. The van der Waals surface area contributed by atoms with Gasteiger partial charge >= 0.3 is 0 Å². The van der Waals surface area contributed by atoms with E-state index in [0.29, 0.717) is 22.7 Å². The number of carbonyl (C=O) groups excluding carboxylic acids is 1. The summed E-state index contributed by atoms with van der Waals surface area (Å²) >= 11 is 0. The maximum atomic E-state index is 13.1. The van der Waals surface area contributed by atoms with Crippen molar-refractivity contribution in [1.29, 1.82) is 0 Å². The molecule has 0 aliphatic heterocycles. The van der Waals surface area contributed by atoms with Crippen molar-refractivity contribution in [3.05, 3.63) is 17.5 Å². The van der Waals surface area contributed by atoms with E-state index in [0.717, 1.165) is 30.7 Å². The van der Waals surface area contributed by atoms with E-state index in [9.17, 15) is 4.79 Å². The molecule has 0 spiro atoms. The Kier molecular flexibility index (Phi) is 3.26. The number of aryl methyl sites for hydroxylation is 2. The molecule has 4 saturated carbocycles. The number of hydrogen-bond donors (Lipinski definition) is 2. The van der Waals surface area contributed by atoms with Crippen LogP contribution in [-0.2, 0) is 4.79 Å². The highest BCUT2D eigenvalue weighted by atomic mass is 16.2. The topological polar surface area (TPSA) is 66.9 Å². The minimum absolute atomic E-state index is 0.131. The van der Waals surface area contributed by atoms with Crippen molar-refractivity contribution in [3.8, 4) is 0 Å². The fourth-order valence-corrected chi connectivity index (χ4v) is 6.73. The molecule has 1 aromatic heterocycles. The molecule has 1 aromatic rings. The molecule has 4 aliphatic carbocycles. The van der Waals surface area contributed by atoms with Gasteiger partial charge in [0, 0.05) is 11.4 Å². The SMILES string of the molecule is Cc1cc(C)nc(NNC(=O)C23CC4CC(C)(CC(C)(C4)C2)C3)n1. The zero-order chi connectivity index (χ0) is 17.2. The maximum absolute atomic E-state index is 13.1. The van der Waals surface area contributed by atoms with Gasteiger partial charge in [0.05, 0.1) is 5.41 Å². The molecule has 130 valence electrons. The molecular weight excluding hydrogens is 300 g/mol. The van der Waals surface area contributed by atoms with E-state index in [4.69, 9.17) is 0 Å². The van der Waals surface area contributed by atoms with Crippen molar-refractivity contribution in [2.45, 2.75) is 66.2 Å². The smallest absolute Gasteiger partial charge is 0.244 e. The molecular formula is C19H28N4O. The van der Waals surface area contributed by atoms with Gasteiger partial charge in [0.1, 0.15) is 0 Å². The quantitative estimate of drug-likeness (QED) is 0.833. The number of rotatable bonds is 3. The summed E-state index contributed by atoms with van der Waals surface area (Å²) in [7, 11) is 0. The zero-order valence-corrected chi connectivity index (χ0v) is 15.2. The molecule has 1 amide bonds. The molecule has 2 N–H and O–H groups in total. The van der Waals surface area contributed by atoms with Gasteiger partial charge in [-0.3, -0.25) is 15.6 Å². The molecule has 5 nitrogen and oxygen atoms in total. The van der Waals surface area contributed by atoms with Crippen LogP contribution in [0, 0.1) is 36.0 Å². The van der Waals surface area contributed by atoms with E-state index in [1.807, 2.05) is 19.9 Å². The summed E-state index contributed by atoms with van der Waals surface area (Å²) in [6.07, 6.45) is 6.95. The van der Waals surface area contributed by atoms with Crippen molar-refractivity contribution in [3.63, 3.8) is 0 Å².